The van der Waals surface area contributed by atoms with Crippen LogP contribution in [0.3, 0.4) is 0 Å². The van der Waals surface area contributed by atoms with Crippen LogP contribution in [0, 0.1) is 0 Å². The molecule has 0 bridgehead atoms. The van der Waals surface area contributed by atoms with E-state index in [0.29, 0.717) is 5.92 Å². The molecule has 15 heavy (non-hydrogen) atoms. The van der Waals surface area contributed by atoms with Crippen LogP contribution in [0.4, 0.5) is 0 Å². The Morgan fingerprint density at radius 1 is 1.13 bits per heavy atom. The Hall–Kier alpha value is -1.04. The minimum absolute atomic E-state index is 0.611. The number of unbranched alkanes of at least 4 members (excludes halogenated alkanes) is 1. The SMILES string of the molecule is CC1C=CCc2ccccc21.CCCC. The molecular weight excluding hydrogens is 180 g/mol. The number of rotatable bonds is 1. The lowest BCUT2D eigenvalue weighted by atomic mass is 9.89. The van der Waals surface area contributed by atoms with Crippen LogP contribution in [0.15, 0.2) is 36.4 Å². The topological polar surface area (TPSA) is 0 Å². The molecule has 1 atom stereocenters. The zero-order valence-electron chi connectivity index (χ0n) is 10.2. The van der Waals surface area contributed by atoms with E-state index in [1.165, 1.54) is 24.0 Å². The van der Waals surface area contributed by atoms with Crippen LogP contribution in [0.25, 0.3) is 0 Å². The molecule has 1 unspecified atom stereocenters. The maximum absolute atomic E-state index is 2.28. The van der Waals surface area contributed by atoms with Crippen molar-refractivity contribution < 1.29 is 0 Å². The Morgan fingerprint density at radius 3 is 2.40 bits per heavy atom. The first-order valence-electron chi connectivity index (χ1n) is 6.04. The zero-order valence-corrected chi connectivity index (χ0v) is 10.2. The van der Waals surface area contributed by atoms with Crippen molar-refractivity contribution in [2.75, 3.05) is 0 Å². The fourth-order valence-electron chi connectivity index (χ4n) is 1.67. The van der Waals surface area contributed by atoms with E-state index >= 15 is 0 Å². The van der Waals surface area contributed by atoms with Crippen molar-refractivity contribution >= 4 is 0 Å². The van der Waals surface area contributed by atoms with Gasteiger partial charge in [0.2, 0.25) is 0 Å². The molecule has 0 N–H and O–H groups in total. The van der Waals surface area contributed by atoms with Crippen molar-refractivity contribution in [1.82, 2.24) is 0 Å². The number of fused-ring (bicyclic) bond motifs is 1. The average molecular weight is 202 g/mol. The van der Waals surface area contributed by atoms with Gasteiger partial charge < -0.3 is 0 Å². The third-order valence-electron chi connectivity index (χ3n) is 2.81. The molecule has 82 valence electrons. The van der Waals surface area contributed by atoms with Crippen molar-refractivity contribution in [3.05, 3.63) is 47.5 Å². The molecule has 0 heterocycles. The summed E-state index contributed by atoms with van der Waals surface area (Å²) in [5.41, 5.74) is 2.98. The zero-order chi connectivity index (χ0) is 11.1. The molecule has 0 spiro atoms. The predicted octanol–water partition coefficient (Wildman–Crippen LogP) is 4.71. The Balaban J connectivity index is 0.000000245. The normalized spacial score (nSPS) is 17.7. The summed E-state index contributed by atoms with van der Waals surface area (Å²) < 4.78 is 0. The summed E-state index contributed by atoms with van der Waals surface area (Å²) in [6, 6.07) is 8.68. The maximum Gasteiger partial charge on any atom is -0.000748 e. The van der Waals surface area contributed by atoms with Crippen LogP contribution >= 0.6 is 0 Å². The highest BCUT2D eigenvalue weighted by Crippen LogP contribution is 2.25. The smallest absolute Gasteiger partial charge is 0.000748 e. The van der Waals surface area contributed by atoms with E-state index < -0.39 is 0 Å². The highest BCUT2D eigenvalue weighted by atomic mass is 14.1. The van der Waals surface area contributed by atoms with E-state index in [1.54, 1.807) is 0 Å². The van der Waals surface area contributed by atoms with Crippen molar-refractivity contribution in [3.8, 4) is 0 Å². The Morgan fingerprint density at radius 2 is 1.80 bits per heavy atom. The Labute approximate surface area is 94.0 Å². The summed E-state index contributed by atoms with van der Waals surface area (Å²) >= 11 is 0. The second-order valence-corrected chi connectivity index (χ2v) is 4.12. The van der Waals surface area contributed by atoms with Gasteiger partial charge in [0.1, 0.15) is 0 Å². The van der Waals surface area contributed by atoms with Gasteiger partial charge in [-0.15, -0.1) is 0 Å². The summed E-state index contributed by atoms with van der Waals surface area (Å²) in [5.74, 6) is 0.611. The van der Waals surface area contributed by atoms with Crippen LogP contribution in [0.1, 0.15) is 50.7 Å². The van der Waals surface area contributed by atoms with E-state index in [1.807, 2.05) is 0 Å². The number of benzene rings is 1. The first-order valence-corrected chi connectivity index (χ1v) is 6.04. The summed E-state index contributed by atoms with van der Waals surface area (Å²) in [7, 11) is 0. The van der Waals surface area contributed by atoms with E-state index in [-0.39, 0.29) is 0 Å². The van der Waals surface area contributed by atoms with Gasteiger partial charge in [0, 0.05) is 0 Å². The van der Waals surface area contributed by atoms with Gasteiger partial charge in [-0.1, -0.05) is 70.0 Å². The van der Waals surface area contributed by atoms with Gasteiger partial charge in [0.15, 0.2) is 0 Å². The molecule has 0 radical (unpaired) electrons. The highest BCUT2D eigenvalue weighted by molar-refractivity contribution is 5.37. The molecule has 0 saturated heterocycles. The van der Waals surface area contributed by atoms with Gasteiger partial charge >= 0.3 is 0 Å². The molecule has 0 heteroatoms. The standard InChI is InChI=1S/C11H12.C4H10/c1-9-5-4-7-10-6-2-3-8-11(9)10;1-3-4-2/h2-6,8-9H,7H2,1H3;3-4H2,1-2H3. The fraction of sp³-hybridized carbons (Fsp3) is 0.467. The maximum atomic E-state index is 2.28. The van der Waals surface area contributed by atoms with E-state index in [9.17, 15) is 0 Å². The largest absolute Gasteiger partial charge is 0.0835 e. The van der Waals surface area contributed by atoms with Gasteiger partial charge in [-0.2, -0.15) is 0 Å². The van der Waals surface area contributed by atoms with Gasteiger partial charge in [-0.25, -0.2) is 0 Å². The lowest BCUT2D eigenvalue weighted by Crippen LogP contribution is -2.00. The molecule has 1 aromatic carbocycles. The summed E-state index contributed by atoms with van der Waals surface area (Å²) in [6.07, 6.45) is 8.29. The van der Waals surface area contributed by atoms with Crippen LogP contribution in [-0.2, 0) is 6.42 Å². The third-order valence-corrected chi connectivity index (χ3v) is 2.81. The van der Waals surface area contributed by atoms with Crippen molar-refractivity contribution in [1.29, 1.82) is 0 Å². The molecule has 0 aliphatic heterocycles. The first-order chi connectivity index (χ1) is 7.29. The van der Waals surface area contributed by atoms with Gasteiger partial charge in [-0.05, 0) is 23.5 Å². The van der Waals surface area contributed by atoms with Gasteiger partial charge in [-0.3, -0.25) is 0 Å². The minimum Gasteiger partial charge on any atom is -0.0835 e. The molecule has 1 aromatic rings. The van der Waals surface area contributed by atoms with Gasteiger partial charge in [0.25, 0.3) is 0 Å². The monoisotopic (exact) mass is 202 g/mol. The van der Waals surface area contributed by atoms with Crippen molar-refractivity contribution in [3.63, 3.8) is 0 Å². The summed E-state index contributed by atoms with van der Waals surface area (Å²) in [6.45, 7) is 6.61. The van der Waals surface area contributed by atoms with Crippen LogP contribution in [-0.4, -0.2) is 0 Å². The molecule has 0 amide bonds. The molecule has 0 nitrogen and oxygen atoms in total. The van der Waals surface area contributed by atoms with Crippen LogP contribution < -0.4 is 0 Å². The number of hydrogen-bond acceptors (Lipinski definition) is 0. The van der Waals surface area contributed by atoms with Gasteiger partial charge in [0.05, 0.1) is 0 Å². The first kappa shape index (κ1) is 12.0. The van der Waals surface area contributed by atoms with E-state index in [0.717, 1.165) is 6.42 Å². The van der Waals surface area contributed by atoms with Crippen molar-refractivity contribution in [2.45, 2.75) is 46.0 Å². The van der Waals surface area contributed by atoms with E-state index in [4.69, 9.17) is 0 Å². The highest BCUT2D eigenvalue weighted by Gasteiger charge is 2.09. The molecule has 2 rings (SSSR count). The third kappa shape index (κ3) is 3.54. The Bertz CT molecular complexity index is 308. The lowest BCUT2D eigenvalue weighted by Gasteiger charge is -2.16. The molecule has 0 aromatic heterocycles. The van der Waals surface area contributed by atoms with Crippen molar-refractivity contribution in [2.24, 2.45) is 0 Å². The van der Waals surface area contributed by atoms with Crippen LogP contribution in [0.2, 0.25) is 0 Å². The predicted molar refractivity (Wildman–Crippen MR) is 68.3 cm³/mol. The molecular formula is C15H22. The minimum atomic E-state index is 0.611. The molecule has 0 fully saturated rings. The second kappa shape index (κ2) is 6.44. The molecule has 1 aliphatic carbocycles. The number of hydrogen-bond donors (Lipinski definition) is 0. The second-order valence-electron chi connectivity index (χ2n) is 4.12. The Kier molecular flexibility index (Phi) is 5.17. The van der Waals surface area contributed by atoms with Crippen LogP contribution in [0.5, 0.6) is 0 Å². The molecule has 0 saturated carbocycles. The van der Waals surface area contributed by atoms with E-state index in [2.05, 4.69) is 57.2 Å². The summed E-state index contributed by atoms with van der Waals surface area (Å²) in [4.78, 5) is 0. The lowest BCUT2D eigenvalue weighted by molar-refractivity contribution is 0.886. The fourth-order valence-corrected chi connectivity index (χ4v) is 1.67. The molecule has 1 aliphatic rings. The average Bonchev–Trinajstić information content (AvgIpc) is 2.30. The number of allylic oxidation sites excluding steroid dienone is 2. The summed E-state index contributed by atoms with van der Waals surface area (Å²) in [5, 5.41) is 0. The quantitative estimate of drug-likeness (QED) is 0.579.